The summed E-state index contributed by atoms with van der Waals surface area (Å²) in [4.78, 5) is 2.06. The van der Waals surface area contributed by atoms with Crippen molar-refractivity contribution in [2.75, 3.05) is 27.2 Å². The van der Waals surface area contributed by atoms with Gasteiger partial charge in [-0.3, -0.25) is 0 Å². The third kappa shape index (κ3) is 3.49. The van der Waals surface area contributed by atoms with E-state index in [1.165, 1.54) is 10.4 Å². The molecule has 0 bridgehead atoms. The topological polar surface area (TPSA) is 40.6 Å². The Hall–Kier alpha value is -0.0400. The minimum Gasteiger partial charge on any atom is -0.305 e. The van der Waals surface area contributed by atoms with Crippen molar-refractivity contribution in [3.63, 3.8) is 0 Å². The summed E-state index contributed by atoms with van der Waals surface area (Å²) >= 11 is 18.0. The van der Waals surface area contributed by atoms with Gasteiger partial charge in [0, 0.05) is 30.0 Å². The van der Waals surface area contributed by atoms with Gasteiger partial charge in [-0.1, -0.05) is 23.2 Å². The van der Waals surface area contributed by atoms with Crippen molar-refractivity contribution >= 4 is 44.8 Å². The second kappa shape index (κ2) is 6.60. The molecule has 118 valence electrons. The lowest BCUT2D eigenvalue weighted by Gasteiger charge is -2.21. The quantitative estimate of drug-likeness (QED) is 0.764. The molecule has 4 nitrogen and oxygen atoms in total. The van der Waals surface area contributed by atoms with Gasteiger partial charge >= 0.3 is 0 Å². The minimum atomic E-state index is -3.66. The smallest absolute Gasteiger partial charge is 0.244 e. The zero-order chi connectivity index (χ0) is 15.8. The zero-order valence-electron chi connectivity index (χ0n) is 11.8. The molecule has 1 aromatic carbocycles. The first-order valence-corrected chi connectivity index (χ1v) is 9.21. The molecular formula is C13H17Cl3N2O2S. The lowest BCUT2D eigenvalue weighted by Crippen LogP contribution is -2.34. The van der Waals surface area contributed by atoms with E-state index in [4.69, 9.17) is 34.8 Å². The largest absolute Gasteiger partial charge is 0.305 e. The molecule has 1 fully saturated rings. The minimum absolute atomic E-state index is 0.0340. The van der Waals surface area contributed by atoms with E-state index in [0.717, 1.165) is 6.42 Å². The molecule has 0 amide bonds. The number of rotatable bonds is 4. The first-order valence-electron chi connectivity index (χ1n) is 6.48. The highest BCUT2D eigenvalue weighted by Crippen LogP contribution is 2.33. The van der Waals surface area contributed by atoms with Gasteiger partial charge in [-0.2, -0.15) is 4.31 Å². The van der Waals surface area contributed by atoms with Crippen LogP contribution in [0.5, 0.6) is 0 Å². The molecule has 2 rings (SSSR count). The summed E-state index contributed by atoms with van der Waals surface area (Å²) in [6.07, 6.45) is 0.798. The zero-order valence-corrected chi connectivity index (χ0v) is 14.9. The third-order valence-corrected chi connectivity index (χ3v) is 6.65. The molecule has 0 N–H and O–H groups in total. The van der Waals surface area contributed by atoms with Gasteiger partial charge in [-0.05, 0) is 38.2 Å². The number of nitrogens with zero attached hydrogens (tertiary/aromatic N) is 2. The summed E-state index contributed by atoms with van der Waals surface area (Å²) in [5.41, 5.74) is 0.521. The fraction of sp³-hybridized carbons (Fsp3) is 0.538. The fourth-order valence-corrected chi connectivity index (χ4v) is 5.07. The molecule has 8 heteroatoms. The van der Waals surface area contributed by atoms with Crippen LogP contribution in [0.25, 0.3) is 0 Å². The summed E-state index contributed by atoms with van der Waals surface area (Å²) in [5.74, 6) is 0.113. The van der Waals surface area contributed by atoms with Crippen LogP contribution in [0.1, 0.15) is 12.0 Å². The van der Waals surface area contributed by atoms with Crippen LogP contribution in [0.2, 0.25) is 10.0 Å². The maximum atomic E-state index is 12.8. The Morgan fingerprint density at radius 1 is 1.33 bits per heavy atom. The van der Waals surface area contributed by atoms with Crippen LogP contribution in [0.3, 0.4) is 0 Å². The average Bonchev–Trinajstić information content (AvgIpc) is 2.91. The van der Waals surface area contributed by atoms with E-state index in [1.54, 1.807) is 6.07 Å². The molecule has 1 aromatic rings. The second-order valence-electron chi connectivity index (χ2n) is 5.28. The Morgan fingerprint density at radius 3 is 2.52 bits per heavy atom. The lowest BCUT2D eigenvalue weighted by molar-refractivity contribution is 0.302. The number of halogens is 3. The molecule has 0 saturated carbocycles. The average molecular weight is 372 g/mol. The number of sulfonamides is 1. The first kappa shape index (κ1) is 17.3. The molecule has 0 radical (unpaired) electrons. The summed E-state index contributed by atoms with van der Waals surface area (Å²) in [6, 6.07) is 3.19. The number of hydrogen-bond acceptors (Lipinski definition) is 3. The van der Waals surface area contributed by atoms with Gasteiger partial charge < -0.3 is 4.90 Å². The Bertz CT molecular complexity index is 635. The van der Waals surface area contributed by atoms with Crippen molar-refractivity contribution in [2.45, 2.75) is 23.2 Å². The Kier molecular flexibility index (Phi) is 5.45. The maximum absolute atomic E-state index is 12.8. The van der Waals surface area contributed by atoms with Crippen LogP contribution < -0.4 is 0 Å². The molecule has 1 aliphatic heterocycles. The number of likely N-dealkylation sites (N-methyl/N-ethyl adjacent to an activating group) is 1. The normalized spacial score (nSPS) is 20.4. The van der Waals surface area contributed by atoms with E-state index in [9.17, 15) is 8.42 Å². The van der Waals surface area contributed by atoms with Crippen LogP contribution in [-0.2, 0) is 15.9 Å². The van der Waals surface area contributed by atoms with Gasteiger partial charge in [0.25, 0.3) is 0 Å². The van der Waals surface area contributed by atoms with Gasteiger partial charge in [0.1, 0.15) is 4.90 Å². The van der Waals surface area contributed by atoms with Crippen LogP contribution in [0.4, 0.5) is 0 Å². The third-order valence-electron chi connectivity index (χ3n) is 3.70. The van der Waals surface area contributed by atoms with Crippen LogP contribution in [0, 0.1) is 0 Å². The standard InChI is InChI=1S/C13H17Cl3N2O2S/c1-17(2)11-3-4-18(8-11)21(19,20)12-6-10(15)5-9(7-14)13(12)16/h5-6,11H,3-4,7-8H2,1-2H3. The number of benzene rings is 1. The van der Waals surface area contributed by atoms with E-state index >= 15 is 0 Å². The van der Waals surface area contributed by atoms with Gasteiger partial charge in [0.2, 0.25) is 10.0 Å². The molecule has 1 heterocycles. The van der Waals surface area contributed by atoms with Gasteiger partial charge in [0.05, 0.1) is 5.02 Å². The Morgan fingerprint density at radius 2 is 2.00 bits per heavy atom. The van der Waals surface area contributed by atoms with E-state index < -0.39 is 10.0 Å². The highest BCUT2D eigenvalue weighted by atomic mass is 35.5. The van der Waals surface area contributed by atoms with E-state index in [-0.39, 0.29) is 21.8 Å². The fourth-order valence-electron chi connectivity index (χ4n) is 2.39. The molecule has 1 aliphatic rings. The predicted octanol–water partition coefficient (Wildman–Crippen LogP) is 3.06. The van der Waals surface area contributed by atoms with E-state index in [1.807, 2.05) is 19.0 Å². The van der Waals surface area contributed by atoms with Crippen molar-refractivity contribution in [2.24, 2.45) is 0 Å². The van der Waals surface area contributed by atoms with Crippen LogP contribution >= 0.6 is 34.8 Å². The molecule has 0 spiro atoms. The molecule has 0 aromatic heterocycles. The van der Waals surface area contributed by atoms with Gasteiger partial charge in [0.15, 0.2) is 0 Å². The van der Waals surface area contributed by atoms with Gasteiger partial charge in [-0.25, -0.2) is 8.42 Å². The summed E-state index contributed by atoms with van der Waals surface area (Å²) in [6.45, 7) is 0.929. The maximum Gasteiger partial charge on any atom is 0.244 e. The molecule has 1 unspecified atom stereocenters. The molecular weight excluding hydrogens is 355 g/mol. The monoisotopic (exact) mass is 370 g/mol. The van der Waals surface area contributed by atoms with Crippen LogP contribution in [0.15, 0.2) is 17.0 Å². The first-order chi connectivity index (χ1) is 9.77. The van der Waals surface area contributed by atoms with Crippen molar-refractivity contribution < 1.29 is 8.42 Å². The SMILES string of the molecule is CN(C)C1CCN(S(=O)(=O)c2cc(Cl)cc(CCl)c2Cl)C1. The summed E-state index contributed by atoms with van der Waals surface area (Å²) < 4.78 is 27.0. The number of hydrogen-bond donors (Lipinski definition) is 0. The lowest BCUT2D eigenvalue weighted by atomic mass is 10.2. The Balaban J connectivity index is 2.39. The van der Waals surface area contributed by atoms with Crippen LogP contribution in [-0.4, -0.2) is 50.8 Å². The van der Waals surface area contributed by atoms with Crippen molar-refractivity contribution in [1.82, 2.24) is 9.21 Å². The summed E-state index contributed by atoms with van der Waals surface area (Å²) in [5, 5.41) is 0.472. The van der Waals surface area contributed by atoms with Crippen molar-refractivity contribution in [3.05, 3.63) is 27.7 Å². The highest BCUT2D eigenvalue weighted by Gasteiger charge is 2.35. The summed E-state index contributed by atoms with van der Waals surface area (Å²) in [7, 11) is 0.227. The van der Waals surface area contributed by atoms with E-state index in [2.05, 4.69) is 0 Å². The Labute approximate surface area is 140 Å². The van der Waals surface area contributed by atoms with Crippen molar-refractivity contribution in [1.29, 1.82) is 0 Å². The molecule has 0 aliphatic carbocycles. The highest BCUT2D eigenvalue weighted by molar-refractivity contribution is 7.89. The second-order valence-corrected chi connectivity index (χ2v) is 8.27. The predicted molar refractivity (Wildman–Crippen MR) is 86.9 cm³/mol. The van der Waals surface area contributed by atoms with Crippen molar-refractivity contribution in [3.8, 4) is 0 Å². The molecule has 21 heavy (non-hydrogen) atoms. The molecule has 1 saturated heterocycles. The van der Waals surface area contributed by atoms with E-state index in [0.29, 0.717) is 23.7 Å². The molecule has 1 atom stereocenters. The number of alkyl halides is 1. The van der Waals surface area contributed by atoms with Gasteiger partial charge in [-0.15, -0.1) is 11.6 Å².